The summed E-state index contributed by atoms with van der Waals surface area (Å²) in [5.74, 6) is 1.69. The second kappa shape index (κ2) is 11.4. The minimum atomic E-state index is -0.289. The van der Waals surface area contributed by atoms with Crippen LogP contribution in [0.2, 0.25) is 0 Å². The van der Waals surface area contributed by atoms with Crippen molar-refractivity contribution in [2.45, 2.75) is 77.7 Å². The van der Waals surface area contributed by atoms with Crippen LogP contribution in [0.3, 0.4) is 0 Å². The average molecular weight is 458 g/mol. The topological polar surface area (TPSA) is 49.5 Å². The van der Waals surface area contributed by atoms with Crippen molar-refractivity contribution in [3.8, 4) is 11.5 Å². The van der Waals surface area contributed by atoms with Crippen molar-refractivity contribution in [1.82, 2.24) is 4.90 Å². The van der Waals surface area contributed by atoms with Gasteiger partial charge in [0.1, 0.15) is 11.5 Å². The molecule has 0 radical (unpaired) electrons. The molecule has 4 nitrogen and oxygen atoms in total. The van der Waals surface area contributed by atoms with Gasteiger partial charge in [-0.3, -0.25) is 0 Å². The zero-order valence-electron chi connectivity index (χ0n) is 20.2. The number of carbonyl (C=O) groups is 1. The fourth-order valence-electron chi connectivity index (χ4n) is 4.71. The van der Waals surface area contributed by atoms with E-state index < -0.39 is 0 Å². The number of allylic oxidation sites excluding steroid dienone is 3. The Labute approximate surface area is 198 Å². The number of likely N-dealkylation sites (N-methyl/N-ethyl adjacent to an activating group) is 1. The van der Waals surface area contributed by atoms with E-state index in [0.29, 0.717) is 11.8 Å². The SMILES string of the molecule is C=C(C)C1CCC(C)=C[C@H]1c1c(O)cc(CCCCC)cc1OC(=O)SCCC1CN1C. The number of unbranched alkanes of at least 4 members (excludes halogenated alkanes) is 2. The first-order chi connectivity index (χ1) is 15.3. The molecule has 176 valence electrons. The first-order valence-electron chi connectivity index (χ1n) is 12.0. The van der Waals surface area contributed by atoms with Crippen LogP contribution >= 0.6 is 11.8 Å². The number of aromatic hydroxyl groups is 1. The van der Waals surface area contributed by atoms with Crippen LogP contribution in [-0.4, -0.2) is 40.7 Å². The quantitative estimate of drug-likeness (QED) is 0.176. The predicted octanol–water partition coefficient (Wildman–Crippen LogP) is 7.08. The monoisotopic (exact) mass is 457 g/mol. The van der Waals surface area contributed by atoms with Crippen LogP contribution in [0.1, 0.15) is 76.3 Å². The number of hydrogen-bond acceptors (Lipinski definition) is 5. The van der Waals surface area contributed by atoms with Crippen LogP contribution in [0.4, 0.5) is 4.79 Å². The third kappa shape index (κ3) is 6.64. The maximum atomic E-state index is 12.7. The number of ether oxygens (including phenoxy) is 1. The number of thioether (sulfide) groups is 1. The Morgan fingerprint density at radius 2 is 2.09 bits per heavy atom. The maximum Gasteiger partial charge on any atom is 0.372 e. The van der Waals surface area contributed by atoms with Crippen LogP contribution in [0.5, 0.6) is 11.5 Å². The lowest BCUT2D eigenvalue weighted by molar-refractivity contribution is 0.226. The Bertz CT molecular complexity index is 863. The van der Waals surface area contributed by atoms with Gasteiger partial charge in [0.25, 0.3) is 0 Å². The molecule has 1 saturated heterocycles. The lowest BCUT2D eigenvalue weighted by atomic mass is 9.73. The van der Waals surface area contributed by atoms with E-state index in [1.165, 1.54) is 17.3 Å². The molecule has 0 bridgehead atoms. The van der Waals surface area contributed by atoms with E-state index >= 15 is 0 Å². The molecule has 1 aliphatic heterocycles. The zero-order valence-corrected chi connectivity index (χ0v) is 21.0. The summed E-state index contributed by atoms with van der Waals surface area (Å²) in [6.45, 7) is 11.7. The van der Waals surface area contributed by atoms with E-state index in [4.69, 9.17) is 4.74 Å². The van der Waals surface area contributed by atoms with Gasteiger partial charge in [-0.1, -0.05) is 43.6 Å². The first kappa shape index (κ1) is 24.9. The highest BCUT2D eigenvalue weighted by Gasteiger charge is 2.32. The Balaban J connectivity index is 1.85. The third-order valence-corrected chi connectivity index (χ3v) is 7.57. The molecule has 3 rings (SSSR count). The standard InChI is InChI=1S/C27H39NO3S/c1-6-7-8-9-20-15-24(29)26(23-14-19(4)10-11-22(23)18(2)3)25(16-20)31-27(30)32-13-12-21-17-28(21)5/h14-16,21-23,29H,2,6-13,17H2,1,3-5H3/t21?,22?,23-,28?/m1/s1. The van der Waals surface area contributed by atoms with E-state index in [0.717, 1.165) is 73.9 Å². The maximum absolute atomic E-state index is 12.7. The smallest absolute Gasteiger partial charge is 0.372 e. The minimum Gasteiger partial charge on any atom is -0.507 e. The highest BCUT2D eigenvalue weighted by atomic mass is 32.2. The predicted molar refractivity (Wildman–Crippen MR) is 135 cm³/mol. The molecule has 3 unspecified atom stereocenters. The first-order valence-corrected chi connectivity index (χ1v) is 13.0. The van der Waals surface area contributed by atoms with Crippen molar-refractivity contribution >= 4 is 17.1 Å². The van der Waals surface area contributed by atoms with E-state index in [1.807, 2.05) is 12.1 Å². The second-order valence-corrected chi connectivity index (χ2v) is 10.6. The van der Waals surface area contributed by atoms with Gasteiger partial charge in [0, 0.05) is 29.8 Å². The molecular formula is C27H39NO3S. The number of carbonyl (C=O) groups excluding carboxylic acids is 1. The fraction of sp³-hybridized carbons (Fsp3) is 0.593. The number of aryl methyl sites for hydroxylation is 1. The summed E-state index contributed by atoms with van der Waals surface area (Å²) in [6, 6.07) is 4.44. The number of phenolic OH excluding ortho intramolecular Hbond substituents is 1. The Morgan fingerprint density at radius 3 is 2.75 bits per heavy atom. The zero-order chi connectivity index (χ0) is 23.3. The number of phenols is 1. The van der Waals surface area contributed by atoms with E-state index in [2.05, 4.69) is 45.4 Å². The van der Waals surface area contributed by atoms with Gasteiger partial charge in [0.15, 0.2) is 0 Å². The van der Waals surface area contributed by atoms with Crippen molar-refractivity contribution in [2.24, 2.45) is 5.92 Å². The lowest BCUT2D eigenvalue weighted by Gasteiger charge is -2.32. The van der Waals surface area contributed by atoms with Crippen molar-refractivity contribution < 1.29 is 14.6 Å². The number of benzene rings is 1. The summed E-state index contributed by atoms with van der Waals surface area (Å²) < 4.78 is 5.91. The molecule has 5 heteroatoms. The second-order valence-electron chi connectivity index (χ2n) is 9.60. The largest absolute Gasteiger partial charge is 0.507 e. The van der Waals surface area contributed by atoms with Gasteiger partial charge in [0.2, 0.25) is 0 Å². The van der Waals surface area contributed by atoms with Crippen LogP contribution in [0.25, 0.3) is 0 Å². The lowest BCUT2D eigenvalue weighted by Crippen LogP contribution is -2.18. The molecular weight excluding hydrogens is 418 g/mol. The van der Waals surface area contributed by atoms with Gasteiger partial charge in [-0.25, -0.2) is 4.79 Å². The summed E-state index contributed by atoms with van der Waals surface area (Å²) >= 11 is 1.24. The Hall–Kier alpha value is -1.72. The van der Waals surface area contributed by atoms with Crippen molar-refractivity contribution in [2.75, 3.05) is 19.3 Å². The molecule has 1 aromatic rings. The highest BCUT2D eigenvalue weighted by Crippen LogP contribution is 2.47. The molecule has 1 fully saturated rings. The van der Waals surface area contributed by atoms with E-state index in [9.17, 15) is 9.90 Å². The molecule has 1 aromatic carbocycles. The molecule has 4 atom stereocenters. The summed E-state index contributed by atoms with van der Waals surface area (Å²) in [7, 11) is 2.10. The van der Waals surface area contributed by atoms with Crippen LogP contribution in [0, 0.1) is 5.92 Å². The summed E-state index contributed by atoms with van der Waals surface area (Å²) in [5.41, 5.74) is 4.16. The number of hydrogen-bond donors (Lipinski definition) is 1. The van der Waals surface area contributed by atoms with Crippen molar-refractivity contribution in [3.05, 3.63) is 47.1 Å². The summed E-state index contributed by atoms with van der Waals surface area (Å²) in [4.78, 5) is 15.0. The fourth-order valence-corrected chi connectivity index (χ4v) is 5.42. The van der Waals surface area contributed by atoms with Gasteiger partial charge in [0.05, 0.1) is 0 Å². The Morgan fingerprint density at radius 1 is 1.34 bits per heavy atom. The molecule has 0 amide bonds. The van der Waals surface area contributed by atoms with Gasteiger partial charge >= 0.3 is 5.30 Å². The van der Waals surface area contributed by atoms with Gasteiger partial charge in [-0.05, 0) is 88.4 Å². The molecule has 1 N–H and O–H groups in total. The number of nitrogens with zero attached hydrogens (tertiary/aromatic N) is 1. The van der Waals surface area contributed by atoms with Gasteiger partial charge < -0.3 is 14.7 Å². The number of rotatable bonds is 10. The van der Waals surface area contributed by atoms with Gasteiger partial charge in [-0.2, -0.15) is 0 Å². The normalized spacial score (nSPS) is 24.7. The summed E-state index contributed by atoms with van der Waals surface area (Å²) in [5, 5.41) is 10.8. The molecule has 0 aromatic heterocycles. The molecule has 1 aliphatic carbocycles. The molecule has 1 heterocycles. The van der Waals surface area contributed by atoms with Crippen molar-refractivity contribution in [3.63, 3.8) is 0 Å². The van der Waals surface area contributed by atoms with E-state index in [-0.39, 0.29) is 22.9 Å². The molecule has 0 saturated carbocycles. The van der Waals surface area contributed by atoms with Crippen molar-refractivity contribution in [1.29, 1.82) is 0 Å². The van der Waals surface area contributed by atoms with Crippen LogP contribution in [-0.2, 0) is 6.42 Å². The summed E-state index contributed by atoms with van der Waals surface area (Å²) in [6.07, 6.45) is 9.47. The third-order valence-electron chi connectivity index (χ3n) is 6.82. The molecule has 2 aliphatic rings. The highest BCUT2D eigenvalue weighted by molar-refractivity contribution is 8.13. The van der Waals surface area contributed by atoms with Crippen LogP contribution < -0.4 is 4.74 Å². The van der Waals surface area contributed by atoms with Gasteiger partial charge in [-0.15, -0.1) is 0 Å². The van der Waals surface area contributed by atoms with Crippen LogP contribution in [0.15, 0.2) is 35.9 Å². The minimum absolute atomic E-state index is 0.0288. The Kier molecular flexibility index (Phi) is 8.89. The van der Waals surface area contributed by atoms with E-state index in [1.54, 1.807) is 0 Å². The molecule has 0 spiro atoms. The molecule has 32 heavy (non-hydrogen) atoms. The average Bonchev–Trinajstić information content (AvgIpc) is 3.42.